The van der Waals surface area contributed by atoms with Crippen LogP contribution >= 0.6 is 0 Å². The molecule has 46 valence electrons. The van der Waals surface area contributed by atoms with Crippen molar-refractivity contribution >= 4 is 5.91 Å². The fraction of sp³-hybridized carbons (Fsp3) is 0.800. The summed E-state index contributed by atoms with van der Waals surface area (Å²) in [5.74, 6) is -0.220. The summed E-state index contributed by atoms with van der Waals surface area (Å²) in [6.45, 7) is 0.938. The summed E-state index contributed by atoms with van der Waals surface area (Å²) in [5.41, 5.74) is 5.00. The monoisotopic (exact) mass is 117 g/mol. The van der Waals surface area contributed by atoms with Gasteiger partial charge in [0.25, 0.3) is 0 Å². The van der Waals surface area contributed by atoms with Crippen LogP contribution in [0.4, 0.5) is 0 Å². The van der Waals surface area contributed by atoms with Crippen LogP contribution < -0.4 is 11.1 Å². The third kappa shape index (κ3) is 0.980. The molecule has 0 aromatic heterocycles. The summed E-state index contributed by atoms with van der Waals surface area (Å²) < 4.78 is 0. The molecular formula is C5H10N2O. The van der Waals surface area contributed by atoms with E-state index >= 15 is 0 Å². The maximum atomic E-state index is 10.4. The van der Waals surface area contributed by atoms with E-state index in [0.717, 1.165) is 19.4 Å². The molecule has 1 aliphatic heterocycles. The number of hydrogen-bond donors (Lipinski definition) is 2. The van der Waals surface area contributed by atoms with Crippen LogP contribution in [0.25, 0.3) is 0 Å². The summed E-state index contributed by atoms with van der Waals surface area (Å²) in [5, 5.41) is 2.98. The molecule has 0 aromatic carbocycles. The van der Waals surface area contributed by atoms with E-state index in [1.165, 1.54) is 0 Å². The minimum atomic E-state index is -0.220. The molecule has 0 saturated carbocycles. The van der Waals surface area contributed by atoms with Gasteiger partial charge in [-0.1, -0.05) is 0 Å². The van der Waals surface area contributed by atoms with Crippen LogP contribution in [0.2, 0.25) is 0 Å². The Labute approximate surface area is 48.2 Å². The molecule has 1 rings (SSSR count). The zero-order valence-electron chi connectivity index (χ0n) is 4.68. The quantitative estimate of drug-likeness (QED) is 0.350. The van der Waals surface area contributed by atoms with Crippen molar-refractivity contribution in [3.05, 3.63) is 0 Å². The molecule has 0 aromatic rings. The molecule has 0 bridgehead atoms. The molecule has 3 N–H and O–H groups in total. The lowest BCUT2D eigenvalue weighted by Gasteiger charge is -2.01. The molecule has 8 heavy (non-hydrogen) atoms. The van der Waals surface area contributed by atoms with E-state index in [1.807, 2.05) is 0 Å². The Kier molecular flexibility index (Phi) is 1.48. The smallest absolute Gasteiger partial charge is 0.234 e. The summed E-state index contributed by atoms with van der Waals surface area (Å²) in [6, 6.07) is -0.0463. The first kappa shape index (κ1) is 5.56. The Morgan fingerprint density at radius 1 is 1.75 bits per heavy atom. The van der Waals surface area contributed by atoms with Crippen LogP contribution in [0.5, 0.6) is 0 Å². The molecule has 0 aliphatic carbocycles. The van der Waals surface area contributed by atoms with Crippen LogP contribution in [0, 0.1) is 0 Å². The van der Waals surface area contributed by atoms with Gasteiger partial charge in [-0.3, -0.25) is 4.79 Å². The number of primary amides is 1. The minimum absolute atomic E-state index is 0.0463. The molecule has 1 amide bonds. The van der Waals surface area contributed by atoms with Crippen LogP contribution in [0.1, 0.15) is 12.8 Å². The fourth-order valence-corrected chi connectivity index (χ4v) is 0.927. The Morgan fingerprint density at radius 3 is 2.75 bits per heavy atom. The van der Waals surface area contributed by atoms with Gasteiger partial charge in [-0.25, -0.2) is 0 Å². The molecule has 1 heterocycles. The van der Waals surface area contributed by atoms with Crippen LogP contribution in [0.3, 0.4) is 0 Å². The maximum absolute atomic E-state index is 10.4. The van der Waals surface area contributed by atoms with Gasteiger partial charge in [0.15, 0.2) is 0 Å². The first-order valence-electron chi connectivity index (χ1n) is 2.83. The van der Waals surface area contributed by atoms with Crippen LogP contribution in [-0.4, -0.2) is 18.5 Å². The third-order valence-corrected chi connectivity index (χ3v) is 1.40. The van der Waals surface area contributed by atoms with E-state index in [2.05, 4.69) is 5.32 Å². The SMILES string of the molecule is N[13C](=O)[13C@H]1CCC[15NH]1. The summed E-state index contributed by atoms with van der Waals surface area (Å²) in [7, 11) is 0. The predicted molar refractivity (Wildman–Crippen MR) is 30.2 cm³/mol. The van der Waals surface area contributed by atoms with Gasteiger partial charge in [0, 0.05) is 0 Å². The highest BCUT2D eigenvalue weighted by Gasteiger charge is 2.18. The van der Waals surface area contributed by atoms with E-state index in [1.54, 1.807) is 0 Å². The van der Waals surface area contributed by atoms with E-state index in [9.17, 15) is 4.79 Å². The average Bonchev–Trinajstić information content (AvgIpc) is 2.12. The van der Waals surface area contributed by atoms with Crippen molar-refractivity contribution in [1.82, 2.24) is 5.32 Å². The molecule has 0 unspecified atom stereocenters. The van der Waals surface area contributed by atoms with Crippen molar-refractivity contribution in [1.29, 1.82) is 0 Å². The number of hydrogen-bond acceptors (Lipinski definition) is 2. The van der Waals surface area contributed by atoms with Gasteiger partial charge in [0.1, 0.15) is 0 Å². The second kappa shape index (κ2) is 2.13. The van der Waals surface area contributed by atoms with Gasteiger partial charge >= 0.3 is 0 Å². The first-order chi connectivity index (χ1) is 3.80. The number of carbonyl (C=O) groups excluding carboxylic acids is 1. The number of carbonyl (C=O) groups is 1. The Morgan fingerprint density at radius 2 is 2.50 bits per heavy atom. The topological polar surface area (TPSA) is 55.1 Å². The van der Waals surface area contributed by atoms with Gasteiger partial charge in [-0.05, 0) is 19.4 Å². The first-order valence-corrected chi connectivity index (χ1v) is 2.83. The van der Waals surface area contributed by atoms with Gasteiger partial charge in [0.2, 0.25) is 5.91 Å². The fourth-order valence-electron chi connectivity index (χ4n) is 0.927. The normalized spacial score (nSPS) is 28.2. The summed E-state index contributed by atoms with van der Waals surface area (Å²) >= 11 is 0. The van der Waals surface area contributed by atoms with Crippen molar-refractivity contribution in [3.63, 3.8) is 0 Å². The molecule has 1 aliphatic rings. The highest BCUT2D eigenvalue weighted by Crippen LogP contribution is 2.02. The van der Waals surface area contributed by atoms with Crippen molar-refractivity contribution in [2.24, 2.45) is 5.73 Å². The number of rotatable bonds is 1. The van der Waals surface area contributed by atoms with E-state index < -0.39 is 0 Å². The van der Waals surface area contributed by atoms with Crippen LogP contribution in [0.15, 0.2) is 0 Å². The highest BCUT2D eigenvalue weighted by molar-refractivity contribution is 5.80. The third-order valence-electron chi connectivity index (χ3n) is 1.40. The van der Waals surface area contributed by atoms with Crippen molar-refractivity contribution in [3.8, 4) is 0 Å². The average molecular weight is 117 g/mol. The largest absolute Gasteiger partial charge is 0.368 e. The van der Waals surface area contributed by atoms with Crippen molar-refractivity contribution in [2.75, 3.05) is 6.54 Å². The Bertz CT molecular complexity index is 96.6. The number of nitrogens with one attached hydrogen (secondary N) is 1. The molecule has 0 radical (unpaired) electrons. The molecule has 3 nitrogen and oxygen atoms in total. The lowest BCUT2D eigenvalue weighted by atomic mass is 10.4. The number of nitrogens with two attached hydrogens (primary N) is 1. The van der Waals surface area contributed by atoms with Gasteiger partial charge in [-0.2, -0.15) is 0 Å². The second-order valence-electron chi connectivity index (χ2n) is 2.05. The van der Waals surface area contributed by atoms with Crippen molar-refractivity contribution in [2.45, 2.75) is 18.9 Å². The minimum Gasteiger partial charge on any atom is -0.368 e. The van der Waals surface area contributed by atoms with E-state index in [4.69, 9.17) is 5.73 Å². The predicted octanol–water partition coefficient (Wildman–Crippen LogP) is -0.776. The Hall–Kier alpha value is -0.570. The highest BCUT2D eigenvalue weighted by atomic mass is 16.2. The van der Waals surface area contributed by atoms with E-state index in [0.29, 0.717) is 0 Å². The molecule has 1 atom stereocenters. The number of amides is 1. The Balaban J connectivity index is 2.35. The lowest BCUT2D eigenvalue weighted by molar-refractivity contribution is -0.119. The molecular weight excluding hydrogens is 107 g/mol. The summed E-state index contributed by atoms with van der Waals surface area (Å²) in [4.78, 5) is 10.4. The van der Waals surface area contributed by atoms with Gasteiger partial charge < -0.3 is 11.1 Å². The summed E-state index contributed by atoms with van der Waals surface area (Å²) in [6.07, 6.45) is 1.99. The van der Waals surface area contributed by atoms with Crippen molar-refractivity contribution < 1.29 is 4.79 Å². The van der Waals surface area contributed by atoms with Gasteiger partial charge in [0.05, 0.1) is 6.04 Å². The van der Waals surface area contributed by atoms with Crippen LogP contribution in [-0.2, 0) is 4.79 Å². The lowest BCUT2D eigenvalue weighted by Crippen LogP contribution is -2.36. The molecule has 3 heteroatoms. The molecule has 1 fully saturated rings. The molecule has 1 saturated heterocycles. The standard InChI is InChI=1S/C5H10N2O/c6-5(8)4-2-1-3-7-4/h4,7H,1-3H2,(H2,6,8)/t4-/m1/s1/i4+1,5+1,7+1. The zero-order valence-corrected chi connectivity index (χ0v) is 4.68. The van der Waals surface area contributed by atoms with E-state index in [-0.39, 0.29) is 11.9 Å². The maximum Gasteiger partial charge on any atom is 0.234 e. The second-order valence-corrected chi connectivity index (χ2v) is 2.05. The molecule has 0 spiro atoms. The zero-order chi connectivity index (χ0) is 5.98. The van der Waals surface area contributed by atoms with Gasteiger partial charge in [-0.15, -0.1) is 0 Å².